The highest BCUT2D eigenvalue weighted by Crippen LogP contribution is 2.45. The van der Waals surface area contributed by atoms with Gasteiger partial charge in [0.25, 0.3) is 0 Å². The lowest BCUT2D eigenvalue weighted by Gasteiger charge is -2.36. The van der Waals surface area contributed by atoms with E-state index < -0.39 is 17.8 Å². The van der Waals surface area contributed by atoms with Gasteiger partial charge >= 0.3 is 5.97 Å². The molecule has 0 saturated heterocycles. The molecule has 0 aromatic heterocycles. The molecule has 0 bridgehead atoms. The van der Waals surface area contributed by atoms with Gasteiger partial charge in [-0.15, -0.1) is 0 Å². The van der Waals surface area contributed by atoms with Crippen molar-refractivity contribution in [3.63, 3.8) is 0 Å². The highest BCUT2D eigenvalue weighted by Gasteiger charge is 2.46. The number of hydrogen-bond acceptors (Lipinski definition) is 1. The van der Waals surface area contributed by atoms with Crippen molar-refractivity contribution in [2.45, 2.75) is 39.0 Å². The van der Waals surface area contributed by atoms with Crippen molar-refractivity contribution in [1.82, 2.24) is 0 Å². The summed E-state index contributed by atoms with van der Waals surface area (Å²) >= 11 is 0. The van der Waals surface area contributed by atoms with Gasteiger partial charge in [-0.05, 0) is 18.3 Å². The number of aliphatic carboxylic acids is 1. The molecule has 0 heterocycles. The lowest BCUT2D eigenvalue weighted by atomic mass is 9.74. The van der Waals surface area contributed by atoms with Crippen molar-refractivity contribution in [2.24, 2.45) is 17.8 Å². The molecule has 0 spiro atoms. The molecule has 1 unspecified atom stereocenters. The van der Waals surface area contributed by atoms with Crippen LogP contribution in [0.25, 0.3) is 0 Å². The number of carboxylic acid groups (broad SMARTS) is 1. The minimum absolute atomic E-state index is 0.0155. The molecule has 1 N–H and O–H groups in total. The zero-order valence-electron chi connectivity index (χ0n) is 8.46. The van der Waals surface area contributed by atoms with Crippen LogP contribution in [0.1, 0.15) is 33.1 Å². The highest BCUT2D eigenvalue weighted by atomic mass is 19.3. The summed E-state index contributed by atoms with van der Waals surface area (Å²) in [4.78, 5) is 10.8. The topological polar surface area (TPSA) is 37.3 Å². The van der Waals surface area contributed by atoms with E-state index in [1.165, 1.54) is 0 Å². The normalized spacial score (nSPS) is 23.2. The van der Waals surface area contributed by atoms with Crippen molar-refractivity contribution < 1.29 is 18.7 Å². The van der Waals surface area contributed by atoms with Gasteiger partial charge < -0.3 is 5.11 Å². The fraction of sp³-hybridized carbons (Fsp3) is 0.900. The third-order valence-electron chi connectivity index (χ3n) is 2.88. The van der Waals surface area contributed by atoms with Crippen LogP contribution < -0.4 is 0 Å². The maximum atomic E-state index is 12.5. The predicted molar refractivity (Wildman–Crippen MR) is 48.3 cm³/mol. The summed E-state index contributed by atoms with van der Waals surface area (Å²) in [6, 6.07) is 0. The van der Waals surface area contributed by atoms with Gasteiger partial charge in [0.2, 0.25) is 5.92 Å². The number of hydrogen-bond donors (Lipinski definition) is 1. The third-order valence-corrected chi connectivity index (χ3v) is 2.88. The average molecular weight is 206 g/mol. The third kappa shape index (κ3) is 2.66. The summed E-state index contributed by atoms with van der Waals surface area (Å²) < 4.78 is 25.0. The highest BCUT2D eigenvalue weighted by molar-refractivity contribution is 5.70. The molecule has 1 saturated carbocycles. The Hall–Kier alpha value is -0.670. The van der Waals surface area contributed by atoms with Crippen LogP contribution in [0, 0.1) is 17.8 Å². The first-order valence-corrected chi connectivity index (χ1v) is 4.92. The van der Waals surface area contributed by atoms with Crippen molar-refractivity contribution >= 4 is 5.97 Å². The second-order valence-electron chi connectivity index (χ2n) is 4.55. The second kappa shape index (κ2) is 3.83. The monoisotopic (exact) mass is 206 g/mol. The molecule has 1 rings (SSSR count). The van der Waals surface area contributed by atoms with Gasteiger partial charge in [-0.25, -0.2) is 8.78 Å². The van der Waals surface area contributed by atoms with E-state index >= 15 is 0 Å². The SMILES string of the molecule is CC(C)C(CC1CC(F)(F)C1)C(=O)O. The molecule has 82 valence electrons. The number of alkyl halides is 2. The van der Waals surface area contributed by atoms with Gasteiger partial charge in [-0.2, -0.15) is 0 Å². The van der Waals surface area contributed by atoms with Crippen LogP contribution in [0.4, 0.5) is 8.78 Å². The van der Waals surface area contributed by atoms with E-state index in [1.807, 2.05) is 13.8 Å². The first kappa shape index (κ1) is 11.4. The van der Waals surface area contributed by atoms with Gasteiger partial charge in [-0.1, -0.05) is 13.8 Å². The number of carbonyl (C=O) groups is 1. The number of rotatable bonds is 4. The van der Waals surface area contributed by atoms with Crippen LogP contribution in [-0.4, -0.2) is 17.0 Å². The molecule has 14 heavy (non-hydrogen) atoms. The van der Waals surface area contributed by atoms with Gasteiger partial charge in [0.1, 0.15) is 0 Å². The van der Waals surface area contributed by atoms with Gasteiger partial charge in [-0.3, -0.25) is 4.79 Å². The molecule has 2 nitrogen and oxygen atoms in total. The van der Waals surface area contributed by atoms with Crippen LogP contribution in [0.2, 0.25) is 0 Å². The Kier molecular flexibility index (Phi) is 3.12. The zero-order valence-corrected chi connectivity index (χ0v) is 8.46. The lowest BCUT2D eigenvalue weighted by Crippen LogP contribution is -2.38. The summed E-state index contributed by atoms with van der Waals surface area (Å²) in [5, 5.41) is 8.85. The maximum absolute atomic E-state index is 12.5. The Morgan fingerprint density at radius 2 is 2.00 bits per heavy atom. The number of carboxylic acids is 1. The molecule has 1 atom stereocenters. The van der Waals surface area contributed by atoms with Crippen molar-refractivity contribution in [2.75, 3.05) is 0 Å². The molecular weight excluding hydrogens is 190 g/mol. The fourth-order valence-electron chi connectivity index (χ4n) is 1.97. The smallest absolute Gasteiger partial charge is 0.306 e. The van der Waals surface area contributed by atoms with Gasteiger partial charge in [0, 0.05) is 12.8 Å². The largest absolute Gasteiger partial charge is 0.481 e. The Bertz CT molecular complexity index is 218. The van der Waals surface area contributed by atoms with Crippen molar-refractivity contribution in [1.29, 1.82) is 0 Å². The fourth-order valence-corrected chi connectivity index (χ4v) is 1.97. The average Bonchev–Trinajstić information content (AvgIpc) is 1.94. The van der Waals surface area contributed by atoms with E-state index in [2.05, 4.69) is 0 Å². The first-order valence-electron chi connectivity index (χ1n) is 4.92. The van der Waals surface area contributed by atoms with E-state index in [0.29, 0.717) is 6.42 Å². The summed E-state index contributed by atoms with van der Waals surface area (Å²) in [7, 11) is 0. The molecule has 0 amide bonds. The molecule has 4 heteroatoms. The maximum Gasteiger partial charge on any atom is 0.306 e. The van der Waals surface area contributed by atoms with Gasteiger partial charge in [0.05, 0.1) is 5.92 Å². The Labute approximate surface area is 82.3 Å². The van der Waals surface area contributed by atoms with Crippen LogP contribution in [-0.2, 0) is 4.79 Å². The molecule has 1 aliphatic carbocycles. The Morgan fingerprint density at radius 3 is 2.29 bits per heavy atom. The van der Waals surface area contributed by atoms with Gasteiger partial charge in [0.15, 0.2) is 0 Å². The van der Waals surface area contributed by atoms with Crippen LogP contribution in [0.5, 0.6) is 0 Å². The second-order valence-corrected chi connectivity index (χ2v) is 4.55. The summed E-state index contributed by atoms with van der Waals surface area (Å²) in [5.74, 6) is -3.97. The first-order chi connectivity index (χ1) is 6.32. The van der Waals surface area contributed by atoms with E-state index in [0.717, 1.165) is 0 Å². The Morgan fingerprint density at radius 1 is 1.50 bits per heavy atom. The quantitative estimate of drug-likeness (QED) is 0.767. The lowest BCUT2D eigenvalue weighted by molar-refractivity contribution is -0.149. The van der Waals surface area contributed by atoms with E-state index in [4.69, 9.17) is 5.11 Å². The molecule has 1 fully saturated rings. The van der Waals surface area contributed by atoms with Crippen LogP contribution >= 0.6 is 0 Å². The summed E-state index contributed by atoms with van der Waals surface area (Å²) in [6.07, 6.45) is 0.121. The van der Waals surface area contributed by atoms with E-state index in [-0.39, 0.29) is 24.7 Å². The molecule has 1 aliphatic rings. The minimum Gasteiger partial charge on any atom is -0.481 e. The van der Waals surface area contributed by atoms with Crippen LogP contribution in [0.3, 0.4) is 0 Å². The molecule has 0 aromatic rings. The van der Waals surface area contributed by atoms with Crippen LogP contribution in [0.15, 0.2) is 0 Å². The minimum atomic E-state index is -2.54. The Balaban J connectivity index is 2.39. The van der Waals surface area contributed by atoms with E-state index in [1.54, 1.807) is 0 Å². The zero-order chi connectivity index (χ0) is 10.9. The summed E-state index contributed by atoms with van der Waals surface area (Å²) in [5.41, 5.74) is 0. The predicted octanol–water partition coefficient (Wildman–Crippen LogP) is 2.78. The number of halogens is 2. The molecule has 0 radical (unpaired) electrons. The molecule has 0 aromatic carbocycles. The molecule has 0 aliphatic heterocycles. The molecular formula is C10H16F2O2. The van der Waals surface area contributed by atoms with E-state index in [9.17, 15) is 13.6 Å². The summed E-state index contributed by atoms with van der Waals surface area (Å²) in [6.45, 7) is 3.63. The van der Waals surface area contributed by atoms with Crippen molar-refractivity contribution in [3.8, 4) is 0 Å². The van der Waals surface area contributed by atoms with Crippen molar-refractivity contribution in [3.05, 3.63) is 0 Å². The standard InChI is InChI=1S/C10H16F2O2/c1-6(2)8(9(13)14)3-7-4-10(11,12)5-7/h6-8H,3-5H2,1-2H3,(H,13,14).